The number of halogens is 1. The zero-order chi connectivity index (χ0) is 12.8. The molecule has 0 fully saturated rings. The lowest BCUT2D eigenvalue weighted by atomic mass is 10.1. The zero-order valence-electron chi connectivity index (χ0n) is 10.7. The fraction of sp³-hybridized carbons (Fsp3) is 0.538. The summed E-state index contributed by atoms with van der Waals surface area (Å²) in [6, 6.07) is 6.19. The molecule has 0 saturated heterocycles. The van der Waals surface area contributed by atoms with Crippen LogP contribution in [0.25, 0.3) is 0 Å². The van der Waals surface area contributed by atoms with Crippen molar-refractivity contribution in [2.75, 3.05) is 25.1 Å². The number of anilines is 1. The quantitative estimate of drug-likeness (QED) is 0.878. The van der Waals surface area contributed by atoms with E-state index >= 15 is 0 Å². The average molecular weight is 301 g/mol. The average Bonchev–Trinajstić information content (AvgIpc) is 2.28. The summed E-state index contributed by atoms with van der Waals surface area (Å²) in [5, 5.41) is 0. The Morgan fingerprint density at radius 3 is 2.71 bits per heavy atom. The summed E-state index contributed by atoms with van der Waals surface area (Å²) in [4.78, 5) is 2.18. The lowest BCUT2D eigenvalue weighted by molar-refractivity contribution is 0.0846. The largest absolute Gasteiger partial charge is 0.377 e. The molecule has 0 atom stereocenters. The van der Waals surface area contributed by atoms with Crippen LogP contribution in [0.2, 0.25) is 0 Å². The van der Waals surface area contributed by atoms with Gasteiger partial charge >= 0.3 is 0 Å². The minimum absolute atomic E-state index is 0.280. The third-order valence-electron chi connectivity index (χ3n) is 2.55. The van der Waals surface area contributed by atoms with Crippen molar-refractivity contribution in [2.45, 2.75) is 26.5 Å². The van der Waals surface area contributed by atoms with Crippen LogP contribution in [0.4, 0.5) is 5.69 Å². The number of likely N-dealkylation sites (N-methyl/N-ethyl adjacent to an activating group) is 1. The van der Waals surface area contributed by atoms with E-state index in [1.807, 2.05) is 19.9 Å². The smallest absolute Gasteiger partial charge is 0.0644 e. The SMILES string of the molecule is CC(C)OCCN(C)c1ccc(Br)cc1CN. The first-order chi connectivity index (χ1) is 8.04. The summed E-state index contributed by atoms with van der Waals surface area (Å²) in [5.74, 6) is 0. The third kappa shape index (κ3) is 4.66. The molecule has 0 saturated carbocycles. The number of hydrogen-bond acceptors (Lipinski definition) is 3. The summed E-state index contributed by atoms with van der Waals surface area (Å²) < 4.78 is 6.61. The molecule has 96 valence electrons. The first-order valence-corrected chi connectivity index (χ1v) is 6.65. The minimum atomic E-state index is 0.280. The van der Waals surface area contributed by atoms with E-state index in [0.29, 0.717) is 6.54 Å². The van der Waals surface area contributed by atoms with Crippen molar-refractivity contribution in [2.24, 2.45) is 5.73 Å². The van der Waals surface area contributed by atoms with E-state index in [9.17, 15) is 0 Å². The maximum absolute atomic E-state index is 5.76. The topological polar surface area (TPSA) is 38.5 Å². The molecule has 4 heteroatoms. The number of nitrogens with two attached hydrogens (primary N) is 1. The number of benzene rings is 1. The summed E-state index contributed by atoms with van der Waals surface area (Å²) in [6.07, 6.45) is 0.280. The van der Waals surface area contributed by atoms with Gasteiger partial charge in [-0.3, -0.25) is 0 Å². The zero-order valence-corrected chi connectivity index (χ0v) is 12.3. The molecule has 0 unspecified atom stereocenters. The predicted molar refractivity (Wildman–Crippen MR) is 76.4 cm³/mol. The molecule has 3 nitrogen and oxygen atoms in total. The Kier molecular flexibility index (Phi) is 5.95. The Balaban J connectivity index is 2.64. The summed E-state index contributed by atoms with van der Waals surface area (Å²) in [7, 11) is 2.06. The molecular formula is C13H21BrN2O. The van der Waals surface area contributed by atoms with E-state index in [-0.39, 0.29) is 6.10 Å². The van der Waals surface area contributed by atoms with Gasteiger partial charge < -0.3 is 15.4 Å². The molecule has 17 heavy (non-hydrogen) atoms. The Morgan fingerprint density at radius 1 is 1.41 bits per heavy atom. The molecule has 0 bridgehead atoms. The maximum Gasteiger partial charge on any atom is 0.0644 e. The normalized spacial score (nSPS) is 10.9. The van der Waals surface area contributed by atoms with Crippen LogP contribution in [0, 0.1) is 0 Å². The van der Waals surface area contributed by atoms with Crippen LogP contribution < -0.4 is 10.6 Å². The van der Waals surface area contributed by atoms with E-state index in [1.165, 1.54) is 5.69 Å². The van der Waals surface area contributed by atoms with Crippen LogP contribution in [0.1, 0.15) is 19.4 Å². The molecule has 0 radical (unpaired) electrons. The molecule has 2 N–H and O–H groups in total. The molecule has 0 aliphatic carbocycles. The standard InChI is InChI=1S/C13H21BrN2O/c1-10(2)17-7-6-16(3)13-5-4-12(14)8-11(13)9-15/h4-5,8,10H,6-7,9,15H2,1-3H3. The lowest BCUT2D eigenvalue weighted by Crippen LogP contribution is -2.25. The van der Waals surface area contributed by atoms with Gasteiger partial charge in [0.1, 0.15) is 0 Å². The number of rotatable bonds is 6. The van der Waals surface area contributed by atoms with Crippen LogP contribution in [0.3, 0.4) is 0 Å². The molecule has 0 aliphatic rings. The van der Waals surface area contributed by atoms with Gasteiger partial charge in [-0.2, -0.15) is 0 Å². The molecule has 1 rings (SSSR count). The van der Waals surface area contributed by atoms with Gasteiger partial charge in [0.25, 0.3) is 0 Å². The van der Waals surface area contributed by atoms with Gasteiger partial charge in [0.2, 0.25) is 0 Å². The van der Waals surface area contributed by atoms with Gasteiger partial charge in [0.05, 0.1) is 12.7 Å². The second kappa shape index (κ2) is 6.99. The van der Waals surface area contributed by atoms with Crippen LogP contribution in [-0.4, -0.2) is 26.3 Å². The highest BCUT2D eigenvalue weighted by atomic mass is 79.9. The van der Waals surface area contributed by atoms with E-state index in [0.717, 1.165) is 23.2 Å². The van der Waals surface area contributed by atoms with E-state index in [2.05, 4.69) is 40.0 Å². The van der Waals surface area contributed by atoms with Gasteiger partial charge in [0.15, 0.2) is 0 Å². The van der Waals surface area contributed by atoms with Crippen molar-refractivity contribution in [1.82, 2.24) is 0 Å². The minimum Gasteiger partial charge on any atom is -0.377 e. The Morgan fingerprint density at radius 2 is 2.12 bits per heavy atom. The first-order valence-electron chi connectivity index (χ1n) is 5.85. The second-order valence-electron chi connectivity index (χ2n) is 4.32. The molecule has 0 spiro atoms. The van der Waals surface area contributed by atoms with E-state index in [1.54, 1.807) is 0 Å². The molecule has 1 aromatic carbocycles. The van der Waals surface area contributed by atoms with E-state index in [4.69, 9.17) is 10.5 Å². The Hall–Kier alpha value is -0.580. The summed E-state index contributed by atoms with van der Waals surface area (Å²) in [5.41, 5.74) is 8.07. The van der Waals surface area contributed by atoms with Crippen molar-refractivity contribution in [3.8, 4) is 0 Å². The van der Waals surface area contributed by atoms with Crippen LogP contribution in [0.15, 0.2) is 22.7 Å². The highest BCUT2D eigenvalue weighted by Gasteiger charge is 2.07. The summed E-state index contributed by atoms with van der Waals surface area (Å²) >= 11 is 3.46. The number of ether oxygens (including phenoxy) is 1. The molecule has 0 amide bonds. The van der Waals surface area contributed by atoms with Crippen LogP contribution in [0.5, 0.6) is 0 Å². The molecule has 1 aromatic rings. The fourth-order valence-corrected chi connectivity index (χ4v) is 2.04. The Labute approximate surface area is 112 Å². The highest BCUT2D eigenvalue weighted by Crippen LogP contribution is 2.23. The number of hydrogen-bond donors (Lipinski definition) is 1. The maximum atomic E-state index is 5.76. The fourth-order valence-electron chi connectivity index (χ4n) is 1.64. The molecular weight excluding hydrogens is 280 g/mol. The van der Waals surface area contributed by atoms with Crippen molar-refractivity contribution in [1.29, 1.82) is 0 Å². The first kappa shape index (κ1) is 14.5. The van der Waals surface area contributed by atoms with Crippen LogP contribution in [-0.2, 0) is 11.3 Å². The van der Waals surface area contributed by atoms with Crippen molar-refractivity contribution in [3.05, 3.63) is 28.2 Å². The van der Waals surface area contributed by atoms with Gasteiger partial charge in [-0.05, 0) is 37.6 Å². The van der Waals surface area contributed by atoms with Crippen molar-refractivity contribution in [3.63, 3.8) is 0 Å². The van der Waals surface area contributed by atoms with Gasteiger partial charge in [-0.25, -0.2) is 0 Å². The lowest BCUT2D eigenvalue weighted by Gasteiger charge is -2.22. The Bertz CT molecular complexity index is 355. The monoisotopic (exact) mass is 300 g/mol. The highest BCUT2D eigenvalue weighted by molar-refractivity contribution is 9.10. The molecule has 0 aliphatic heterocycles. The van der Waals surface area contributed by atoms with Crippen LogP contribution >= 0.6 is 15.9 Å². The predicted octanol–water partition coefficient (Wildman–Crippen LogP) is 2.77. The van der Waals surface area contributed by atoms with E-state index < -0.39 is 0 Å². The number of nitrogens with zero attached hydrogens (tertiary/aromatic N) is 1. The van der Waals surface area contributed by atoms with Gasteiger partial charge in [-0.1, -0.05) is 15.9 Å². The third-order valence-corrected chi connectivity index (χ3v) is 3.04. The summed E-state index contributed by atoms with van der Waals surface area (Å²) in [6.45, 7) is 6.24. The van der Waals surface area contributed by atoms with Crippen molar-refractivity contribution >= 4 is 21.6 Å². The second-order valence-corrected chi connectivity index (χ2v) is 5.23. The molecule has 0 aromatic heterocycles. The van der Waals surface area contributed by atoms with Crippen molar-refractivity contribution < 1.29 is 4.74 Å². The van der Waals surface area contributed by atoms with Gasteiger partial charge in [0, 0.05) is 30.3 Å². The molecule has 0 heterocycles. The van der Waals surface area contributed by atoms with Gasteiger partial charge in [-0.15, -0.1) is 0 Å².